The zero-order valence-electron chi connectivity index (χ0n) is 22.0. The maximum absolute atomic E-state index is 12.6. The number of hydrogen-bond acceptors (Lipinski definition) is 3. The van der Waals surface area contributed by atoms with Crippen LogP contribution in [0.15, 0.2) is 60.7 Å². The van der Waals surface area contributed by atoms with Crippen molar-refractivity contribution in [2.24, 2.45) is 0 Å². The van der Waals surface area contributed by atoms with Gasteiger partial charge in [0, 0.05) is 12.5 Å². The Bertz CT molecular complexity index is 1150. The topological polar surface area (TPSA) is 47.6 Å². The van der Waals surface area contributed by atoms with Crippen LogP contribution in [0, 0.1) is 0 Å². The van der Waals surface area contributed by atoms with Gasteiger partial charge in [0.05, 0.1) is 7.11 Å². The van der Waals surface area contributed by atoms with Crippen LogP contribution in [-0.2, 0) is 22.1 Å². The average Bonchev–Trinajstić information content (AvgIpc) is 3.13. The van der Waals surface area contributed by atoms with E-state index in [-0.39, 0.29) is 16.7 Å². The van der Waals surface area contributed by atoms with E-state index in [0.717, 1.165) is 11.3 Å². The van der Waals surface area contributed by atoms with Gasteiger partial charge in [0.15, 0.2) is 0 Å². The van der Waals surface area contributed by atoms with Gasteiger partial charge < -0.3 is 14.8 Å². The number of alkyl carbamates (subject to hydrolysis) is 1. The Morgan fingerprint density at radius 1 is 0.800 bits per heavy atom. The first kappa shape index (κ1) is 24.8. The van der Waals surface area contributed by atoms with Crippen LogP contribution in [-0.4, -0.2) is 19.8 Å². The van der Waals surface area contributed by atoms with Crippen LogP contribution in [0.1, 0.15) is 75.3 Å². The lowest BCUT2D eigenvalue weighted by Crippen LogP contribution is -2.25. The SMILES string of the molecule is COc1ccc(CNC(=O)OCC2c3cc(C(C)(C)C)ccc3-c3ccc(C(C)(C)C)cc32)cc1. The summed E-state index contributed by atoms with van der Waals surface area (Å²) in [5.41, 5.74) is 8.60. The Balaban J connectivity index is 1.56. The van der Waals surface area contributed by atoms with Crippen LogP contribution in [0.5, 0.6) is 5.75 Å². The number of benzene rings is 3. The molecule has 4 nitrogen and oxygen atoms in total. The molecule has 0 radical (unpaired) electrons. The van der Waals surface area contributed by atoms with Gasteiger partial charge in [-0.2, -0.15) is 0 Å². The van der Waals surface area contributed by atoms with Crippen LogP contribution in [0.2, 0.25) is 0 Å². The lowest BCUT2D eigenvalue weighted by molar-refractivity contribution is 0.142. The largest absolute Gasteiger partial charge is 0.497 e. The smallest absolute Gasteiger partial charge is 0.407 e. The highest BCUT2D eigenvalue weighted by Crippen LogP contribution is 2.47. The molecule has 0 aromatic heterocycles. The molecule has 35 heavy (non-hydrogen) atoms. The van der Waals surface area contributed by atoms with Gasteiger partial charge in [0.1, 0.15) is 12.4 Å². The van der Waals surface area contributed by atoms with Gasteiger partial charge in [0.2, 0.25) is 0 Å². The Hall–Kier alpha value is -3.27. The summed E-state index contributed by atoms with van der Waals surface area (Å²) in [5.74, 6) is 0.801. The van der Waals surface area contributed by atoms with E-state index in [1.54, 1.807) is 7.11 Å². The minimum Gasteiger partial charge on any atom is -0.497 e. The van der Waals surface area contributed by atoms with E-state index in [1.807, 2.05) is 24.3 Å². The Labute approximate surface area is 209 Å². The molecule has 0 saturated carbocycles. The maximum Gasteiger partial charge on any atom is 0.407 e. The van der Waals surface area contributed by atoms with Gasteiger partial charge in [-0.25, -0.2) is 4.79 Å². The molecule has 0 unspecified atom stereocenters. The first-order valence-corrected chi connectivity index (χ1v) is 12.3. The highest BCUT2D eigenvalue weighted by Gasteiger charge is 2.32. The quantitative estimate of drug-likeness (QED) is 0.424. The van der Waals surface area contributed by atoms with Crippen LogP contribution >= 0.6 is 0 Å². The Kier molecular flexibility index (Phi) is 6.68. The number of fused-ring (bicyclic) bond motifs is 3. The van der Waals surface area contributed by atoms with Crippen molar-refractivity contribution in [2.45, 2.75) is 64.8 Å². The maximum atomic E-state index is 12.6. The fraction of sp³-hybridized carbons (Fsp3) is 0.387. The average molecular weight is 472 g/mol. The molecule has 0 atom stereocenters. The molecule has 0 fully saturated rings. The standard InChI is InChI=1S/C31H37NO3/c1-30(2,3)21-10-14-24-25-15-11-22(31(4,5)6)17-27(25)28(26(24)16-21)19-35-29(33)32-18-20-8-12-23(34-7)13-9-20/h8-17,28H,18-19H2,1-7H3,(H,32,33). The number of carbonyl (C=O) groups excluding carboxylic acids is 1. The molecule has 3 aromatic rings. The molecular weight excluding hydrogens is 434 g/mol. The van der Waals surface area contributed by atoms with Crippen molar-refractivity contribution in [1.29, 1.82) is 0 Å². The Morgan fingerprint density at radius 2 is 1.31 bits per heavy atom. The van der Waals surface area contributed by atoms with Gasteiger partial charge in [-0.15, -0.1) is 0 Å². The van der Waals surface area contributed by atoms with Gasteiger partial charge in [-0.1, -0.05) is 90.1 Å². The number of methoxy groups -OCH3 is 1. The molecule has 0 saturated heterocycles. The molecule has 4 rings (SSSR count). The molecule has 1 N–H and O–H groups in total. The van der Waals surface area contributed by atoms with E-state index >= 15 is 0 Å². The van der Waals surface area contributed by atoms with E-state index in [1.165, 1.54) is 33.4 Å². The normalized spacial score (nSPS) is 13.2. The summed E-state index contributed by atoms with van der Waals surface area (Å²) in [4.78, 5) is 12.6. The highest BCUT2D eigenvalue weighted by molar-refractivity contribution is 5.80. The van der Waals surface area contributed by atoms with Gasteiger partial charge in [-0.05, 0) is 61.9 Å². The third-order valence-electron chi connectivity index (χ3n) is 6.85. The van der Waals surface area contributed by atoms with Crippen LogP contribution in [0.4, 0.5) is 4.79 Å². The van der Waals surface area contributed by atoms with Gasteiger partial charge in [-0.3, -0.25) is 0 Å². The second-order valence-electron chi connectivity index (χ2n) is 11.5. The van der Waals surface area contributed by atoms with Gasteiger partial charge >= 0.3 is 6.09 Å². The van der Waals surface area contributed by atoms with E-state index in [9.17, 15) is 4.79 Å². The second kappa shape index (κ2) is 9.41. The van der Waals surface area contributed by atoms with Gasteiger partial charge in [0.25, 0.3) is 0 Å². The summed E-state index contributed by atoms with van der Waals surface area (Å²) in [5, 5.41) is 2.88. The minimum atomic E-state index is -0.408. The molecule has 0 heterocycles. The number of carbonyl (C=O) groups is 1. The summed E-state index contributed by atoms with van der Waals surface area (Å²) in [6.07, 6.45) is -0.408. The lowest BCUT2D eigenvalue weighted by atomic mass is 9.83. The fourth-order valence-corrected chi connectivity index (χ4v) is 4.60. The molecule has 4 heteroatoms. The minimum absolute atomic E-state index is 0.0105. The number of hydrogen-bond donors (Lipinski definition) is 1. The second-order valence-corrected chi connectivity index (χ2v) is 11.5. The fourth-order valence-electron chi connectivity index (χ4n) is 4.60. The summed E-state index contributed by atoms with van der Waals surface area (Å²) < 4.78 is 11.0. The molecule has 0 bridgehead atoms. The third-order valence-corrected chi connectivity index (χ3v) is 6.85. The molecule has 1 amide bonds. The highest BCUT2D eigenvalue weighted by atomic mass is 16.5. The third kappa shape index (κ3) is 5.37. The van der Waals surface area contributed by atoms with Crippen molar-refractivity contribution in [3.63, 3.8) is 0 Å². The zero-order chi connectivity index (χ0) is 25.4. The van der Waals surface area contributed by atoms with E-state index in [4.69, 9.17) is 9.47 Å². The predicted octanol–water partition coefficient (Wildman–Crippen LogP) is 7.33. The first-order valence-electron chi connectivity index (χ1n) is 12.3. The molecule has 184 valence electrons. The van der Waals surface area contributed by atoms with Crippen molar-refractivity contribution in [2.75, 3.05) is 13.7 Å². The monoisotopic (exact) mass is 471 g/mol. The van der Waals surface area contributed by atoms with Crippen molar-refractivity contribution in [1.82, 2.24) is 5.32 Å². The Morgan fingerprint density at radius 3 is 1.77 bits per heavy atom. The van der Waals surface area contributed by atoms with Crippen molar-refractivity contribution in [3.05, 3.63) is 88.5 Å². The molecule has 0 aliphatic heterocycles. The summed E-state index contributed by atoms with van der Waals surface area (Å²) in [6, 6.07) is 21.2. The van der Waals surface area contributed by atoms with Crippen molar-refractivity contribution in [3.8, 4) is 16.9 Å². The number of nitrogens with one attached hydrogen (secondary N) is 1. The summed E-state index contributed by atoms with van der Waals surface area (Å²) in [7, 11) is 1.64. The molecule has 1 aliphatic carbocycles. The molecule has 3 aromatic carbocycles. The predicted molar refractivity (Wildman–Crippen MR) is 142 cm³/mol. The van der Waals surface area contributed by atoms with Crippen LogP contribution < -0.4 is 10.1 Å². The molecule has 1 aliphatic rings. The van der Waals surface area contributed by atoms with E-state index in [2.05, 4.69) is 83.3 Å². The van der Waals surface area contributed by atoms with Crippen molar-refractivity contribution >= 4 is 6.09 Å². The summed E-state index contributed by atoms with van der Waals surface area (Å²) in [6.45, 7) is 14.1. The number of rotatable bonds is 5. The number of ether oxygens (including phenoxy) is 2. The van der Waals surface area contributed by atoms with Crippen LogP contribution in [0.3, 0.4) is 0 Å². The zero-order valence-corrected chi connectivity index (χ0v) is 22.0. The van der Waals surface area contributed by atoms with E-state index in [0.29, 0.717) is 13.2 Å². The lowest BCUT2D eigenvalue weighted by Gasteiger charge is -2.22. The molecule has 0 spiro atoms. The van der Waals surface area contributed by atoms with E-state index < -0.39 is 6.09 Å². The van der Waals surface area contributed by atoms with Crippen LogP contribution in [0.25, 0.3) is 11.1 Å². The first-order chi connectivity index (χ1) is 16.5. The number of amides is 1. The molecular formula is C31H37NO3. The summed E-state index contributed by atoms with van der Waals surface area (Å²) >= 11 is 0. The van der Waals surface area contributed by atoms with Crippen molar-refractivity contribution < 1.29 is 14.3 Å².